The maximum Gasteiger partial charge on any atom is 0.411 e. The highest BCUT2D eigenvalue weighted by Gasteiger charge is 2.35. The van der Waals surface area contributed by atoms with Crippen LogP contribution >= 0.6 is 0 Å². The first-order chi connectivity index (χ1) is 32.9. The molecule has 0 fully saturated rings. The number of ketones is 1. The van der Waals surface area contributed by atoms with Crippen molar-refractivity contribution in [3.8, 4) is 0 Å². The van der Waals surface area contributed by atoms with Crippen molar-refractivity contribution in [2.24, 2.45) is 0 Å². The number of hydrogen-bond donors (Lipinski definition) is 2. The average molecular weight is 911 g/mol. The minimum absolute atomic E-state index is 0.0866. The van der Waals surface area contributed by atoms with Gasteiger partial charge in [0.15, 0.2) is 5.78 Å². The van der Waals surface area contributed by atoms with Crippen molar-refractivity contribution in [1.29, 1.82) is 0 Å². The molecule has 0 saturated carbocycles. The lowest BCUT2D eigenvalue weighted by atomic mass is 9.78. The van der Waals surface area contributed by atoms with Gasteiger partial charge in [-0.15, -0.1) is 0 Å². The Bertz CT molecular complexity index is 2690. The number of allylic oxidation sites excluding steroid dienone is 5. The number of Topliss-reactive ketones (excluding diaryl/α,β-unsaturated/α-hetero) is 1. The second-order valence-corrected chi connectivity index (χ2v) is 17.5. The fourth-order valence-electron chi connectivity index (χ4n) is 8.22. The predicted molar refractivity (Wildman–Crippen MR) is 273 cm³/mol. The molecule has 0 unspecified atom stereocenters. The molecule has 0 heterocycles. The highest BCUT2D eigenvalue weighted by Crippen LogP contribution is 2.44. The van der Waals surface area contributed by atoms with Crippen molar-refractivity contribution in [1.82, 2.24) is 9.89 Å². The molecule has 10 nitrogen and oxygen atoms in total. The fourth-order valence-corrected chi connectivity index (χ4v) is 8.22. The first-order valence-corrected chi connectivity index (χ1v) is 23.8. The molecule has 2 aliphatic rings. The molecule has 350 valence electrons. The van der Waals surface area contributed by atoms with Crippen LogP contribution in [0.25, 0.3) is 5.57 Å². The maximum atomic E-state index is 14.6. The molecule has 0 spiro atoms. The van der Waals surface area contributed by atoms with E-state index in [0.29, 0.717) is 24.2 Å². The van der Waals surface area contributed by atoms with E-state index >= 15 is 0 Å². The maximum absolute atomic E-state index is 14.6. The van der Waals surface area contributed by atoms with Gasteiger partial charge in [-0.1, -0.05) is 135 Å². The number of hydrogen-bond acceptors (Lipinski definition) is 7. The average Bonchev–Trinajstić information content (AvgIpc) is 3.33. The molecular formula is C58H62N4O6. The molecule has 2 N–H and O–H groups in total. The Morgan fingerprint density at radius 1 is 0.574 bits per heavy atom. The summed E-state index contributed by atoms with van der Waals surface area (Å²) in [5.41, 5.74) is 10.1. The zero-order chi connectivity index (χ0) is 48.2. The van der Waals surface area contributed by atoms with E-state index in [2.05, 4.69) is 34.0 Å². The Morgan fingerprint density at radius 3 is 1.53 bits per heavy atom. The van der Waals surface area contributed by atoms with Gasteiger partial charge in [0.05, 0.1) is 24.6 Å². The summed E-state index contributed by atoms with van der Waals surface area (Å²) < 4.78 is 13.3. The van der Waals surface area contributed by atoms with Gasteiger partial charge in [0.2, 0.25) is 17.1 Å². The predicted octanol–water partition coefficient (Wildman–Crippen LogP) is 13.2. The Hall–Kier alpha value is -7.46. The number of carbonyl (C=O) groups is 3. The number of nitrogens with zero attached hydrogens (tertiary/aromatic N) is 2. The van der Waals surface area contributed by atoms with Crippen molar-refractivity contribution in [3.05, 3.63) is 184 Å². The molecule has 2 aliphatic carbocycles. The van der Waals surface area contributed by atoms with Crippen LogP contribution in [0.1, 0.15) is 93.0 Å². The van der Waals surface area contributed by atoms with Crippen LogP contribution < -0.4 is 25.2 Å². The molecule has 5 aromatic rings. The molecule has 2 amide bonds. The molecule has 7 rings (SSSR count). The molecule has 0 aromatic heterocycles. The summed E-state index contributed by atoms with van der Waals surface area (Å²) in [6, 6.07) is 37.7. The van der Waals surface area contributed by atoms with Crippen molar-refractivity contribution < 1.29 is 29.0 Å². The number of unbranched alkanes of at least 4 members (excludes halogenated alkanes) is 6. The standard InChI is InChI=1S/C58H62N4O6/c1-7-9-11-13-35-67-57(65)59-51-37-47(61(43-23-15-39(3)16-24-43)44-25-17-40(4)18-26-44)31-33-49(51)53-55(63)54(56(53)64)50-34-32-48(38-52(50)60-58(66)68-36-14-12-10-8-2)62(45-27-19-41(5)20-28-45)46-29-21-42(6)22-30-46/h15-34,37-38H,7-14,35-36H2,1-6H3,(H2,59,60,63,64,65,66). The Morgan fingerprint density at radius 2 is 1.04 bits per heavy atom. The van der Waals surface area contributed by atoms with E-state index in [4.69, 9.17) is 9.47 Å². The van der Waals surface area contributed by atoms with Crippen LogP contribution in [0, 0.1) is 27.7 Å². The summed E-state index contributed by atoms with van der Waals surface area (Å²) in [5.74, 6) is -1.05. The van der Waals surface area contributed by atoms with E-state index in [-0.39, 0.29) is 46.9 Å². The second-order valence-electron chi connectivity index (χ2n) is 17.5. The lowest BCUT2D eigenvalue weighted by Gasteiger charge is -2.34. The van der Waals surface area contributed by atoms with Gasteiger partial charge in [-0.2, -0.15) is 4.58 Å². The normalized spacial score (nSPS) is 14.3. The number of anilines is 4. The smallest absolute Gasteiger partial charge is 0.411 e. The van der Waals surface area contributed by atoms with Crippen LogP contribution in [-0.2, 0) is 14.3 Å². The van der Waals surface area contributed by atoms with Crippen LogP contribution in [-0.4, -0.2) is 36.9 Å². The number of aryl methyl sites for hydroxylation is 4. The van der Waals surface area contributed by atoms with Crippen molar-refractivity contribution in [3.63, 3.8) is 0 Å². The summed E-state index contributed by atoms with van der Waals surface area (Å²) in [6.45, 7) is 12.8. The van der Waals surface area contributed by atoms with Crippen molar-refractivity contribution >= 4 is 63.4 Å². The number of benzene rings is 5. The van der Waals surface area contributed by atoms with E-state index in [1.807, 2.05) is 137 Å². The van der Waals surface area contributed by atoms with Crippen LogP contribution in [0.5, 0.6) is 0 Å². The zero-order valence-electron chi connectivity index (χ0n) is 40.1. The summed E-state index contributed by atoms with van der Waals surface area (Å²) in [4.78, 5) is 43.7. The SMILES string of the molecule is CCCCCCOC(=O)NC1=CC(=[N+](c2ccc(C)cc2)c2ccc(C)cc2)C=CC1=C1C(=O)C(c2ccc(N(c3ccc(C)cc3)c3ccc(C)cc3)cc2NC(=O)OCCCCCC)=C1[O-]. The van der Waals surface area contributed by atoms with Crippen molar-refractivity contribution in [2.75, 3.05) is 23.4 Å². The van der Waals surface area contributed by atoms with E-state index in [9.17, 15) is 19.5 Å². The van der Waals surface area contributed by atoms with E-state index in [0.717, 1.165) is 83.5 Å². The van der Waals surface area contributed by atoms with Crippen molar-refractivity contribution in [2.45, 2.75) is 92.9 Å². The molecular weight excluding hydrogens is 849 g/mol. The highest BCUT2D eigenvalue weighted by molar-refractivity contribution is 6.40. The lowest BCUT2D eigenvalue weighted by molar-refractivity contribution is -0.297. The number of ether oxygens (including phenoxy) is 2. The number of amides is 2. The minimum Gasteiger partial charge on any atom is -0.871 e. The number of carbonyl (C=O) groups excluding carboxylic acids is 3. The summed E-state index contributed by atoms with van der Waals surface area (Å²) in [5, 5.41) is 20.4. The summed E-state index contributed by atoms with van der Waals surface area (Å²) in [7, 11) is 0. The molecule has 0 bridgehead atoms. The third-order valence-corrected chi connectivity index (χ3v) is 12.1. The molecule has 10 heteroatoms. The third-order valence-electron chi connectivity index (χ3n) is 12.1. The minimum atomic E-state index is -0.692. The molecule has 0 atom stereocenters. The van der Waals surface area contributed by atoms with Gasteiger partial charge in [0.1, 0.15) is 0 Å². The van der Waals surface area contributed by atoms with Gasteiger partial charge in [0, 0.05) is 75.8 Å². The van der Waals surface area contributed by atoms with Gasteiger partial charge in [0.25, 0.3) is 0 Å². The van der Waals surface area contributed by atoms with Gasteiger partial charge >= 0.3 is 12.2 Å². The summed E-state index contributed by atoms with van der Waals surface area (Å²) >= 11 is 0. The number of alkyl carbamates (subject to hydrolysis) is 1. The van der Waals surface area contributed by atoms with E-state index in [1.165, 1.54) is 0 Å². The fraction of sp³-hybridized carbons (Fsp3) is 0.276. The quantitative estimate of drug-likeness (QED) is 0.0510. The molecule has 0 saturated heterocycles. The first-order valence-electron chi connectivity index (χ1n) is 23.8. The zero-order valence-corrected chi connectivity index (χ0v) is 40.1. The van der Waals surface area contributed by atoms with Crippen LogP contribution in [0.15, 0.2) is 156 Å². The number of nitrogens with one attached hydrogen (secondary N) is 2. The monoisotopic (exact) mass is 910 g/mol. The largest absolute Gasteiger partial charge is 0.871 e. The Labute approximate surface area is 401 Å². The van der Waals surface area contributed by atoms with Crippen LogP contribution in [0.4, 0.5) is 43.7 Å². The second kappa shape index (κ2) is 22.8. The lowest BCUT2D eigenvalue weighted by Crippen LogP contribution is -2.34. The van der Waals surface area contributed by atoms with Gasteiger partial charge < -0.3 is 19.5 Å². The van der Waals surface area contributed by atoms with Crippen LogP contribution in [0.3, 0.4) is 0 Å². The van der Waals surface area contributed by atoms with E-state index < -0.39 is 23.7 Å². The Kier molecular flexibility index (Phi) is 16.3. The highest BCUT2D eigenvalue weighted by atomic mass is 16.6. The molecule has 5 aromatic carbocycles. The van der Waals surface area contributed by atoms with Crippen LogP contribution in [0.2, 0.25) is 0 Å². The Balaban J connectivity index is 1.33. The topological polar surface area (TPSA) is 123 Å². The first kappa shape index (κ1) is 48.5. The molecule has 68 heavy (non-hydrogen) atoms. The van der Waals surface area contributed by atoms with Gasteiger partial charge in [-0.3, -0.25) is 15.4 Å². The van der Waals surface area contributed by atoms with E-state index in [1.54, 1.807) is 24.3 Å². The molecule has 0 aliphatic heterocycles. The van der Waals surface area contributed by atoms with Gasteiger partial charge in [-0.05, 0) is 83.0 Å². The molecule has 0 radical (unpaired) electrons. The third kappa shape index (κ3) is 11.7. The van der Waals surface area contributed by atoms with Gasteiger partial charge in [-0.25, -0.2) is 9.59 Å². The summed E-state index contributed by atoms with van der Waals surface area (Å²) in [6.07, 6.45) is 11.4. The number of rotatable bonds is 18.